The van der Waals surface area contributed by atoms with Crippen molar-refractivity contribution < 1.29 is 19.1 Å². The zero-order valence-electron chi connectivity index (χ0n) is 16.3. The van der Waals surface area contributed by atoms with Gasteiger partial charge in [0.25, 0.3) is 0 Å². The standard InChI is InChI=1S/C10H16O4S2.2C4H9.2Sn.2H/c11-9(13-5-7-15)3-1-2-4-10(12)14-6-8-16;2*1-3-4-2;;;;/h7-8,15-16H,1-6H2;2*1,3-4H2,2H3;;;;. The van der Waals surface area contributed by atoms with Crippen molar-refractivity contribution in [3.05, 3.63) is 0 Å². The van der Waals surface area contributed by atoms with Crippen LogP contribution in [0.25, 0.3) is 0 Å². The number of unbranched alkanes of at least 4 members (excludes halogenated alkanes) is 3. The molecule has 152 valence electrons. The van der Waals surface area contributed by atoms with Crippen LogP contribution in [-0.4, -0.2) is 74.0 Å². The van der Waals surface area contributed by atoms with Gasteiger partial charge in [-0.1, -0.05) is 0 Å². The Hall–Kier alpha value is 1.24. The zero-order valence-corrected chi connectivity index (χ0v) is 24.7. The summed E-state index contributed by atoms with van der Waals surface area (Å²) < 4.78 is 13.8. The summed E-state index contributed by atoms with van der Waals surface area (Å²) in [6.07, 6.45) is 7.09. The molecule has 0 heterocycles. The van der Waals surface area contributed by atoms with Gasteiger partial charge < -0.3 is 0 Å². The van der Waals surface area contributed by atoms with Crippen molar-refractivity contribution in [3.63, 3.8) is 0 Å². The molecule has 0 N–H and O–H groups in total. The van der Waals surface area contributed by atoms with E-state index in [9.17, 15) is 9.59 Å². The van der Waals surface area contributed by atoms with E-state index in [2.05, 4.69) is 39.1 Å². The molecule has 0 aromatic heterocycles. The van der Waals surface area contributed by atoms with Gasteiger partial charge in [0.2, 0.25) is 0 Å². The van der Waals surface area contributed by atoms with Crippen LogP contribution in [0.4, 0.5) is 0 Å². The Bertz CT molecular complexity index is 339. The van der Waals surface area contributed by atoms with Crippen molar-refractivity contribution in [2.45, 2.75) is 80.6 Å². The molecule has 0 saturated carbocycles. The normalized spacial score (nSPS) is 13.2. The summed E-state index contributed by atoms with van der Waals surface area (Å²) in [6.45, 7) is 5.31. The van der Waals surface area contributed by atoms with Crippen LogP contribution < -0.4 is 0 Å². The van der Waals surface area contributed by atoms with Gasteiger partial charge in [0.05, 0.1) is 0 Å². The molecular weight excluding hydrogens is 582 g/mol. The molecule has 2 radical (unpaired) electrons. The van der Waals surface area contributed by atoms with Gasteiger partial charge in [-0.25, -0.2) is 0 Å². The first-order chi connectivity index (χ1) is 12.5. The number of rotatable bonds is 17. The van der Waals surface area contributed by atoms with Crippen molar-refractivity contribution in [2.75, 3.05) is 13.2 Å². The van der Waals surface area contributed by atoms with E-state index in [1.165, 1.54) is 34.6 Å². The quantitative estimate of drug-likeness (QED) is 0.114. The number of thiol groups is 2. The molecular formula is C18H36O4S2Sn2. The molecule has 0 aromatic rings. The molecule has 0 rings (SSSR count). The summed E-state index contributed by atoms with van der Waals surface area (Å²) in [7, 11) is 0. The average molecular weight is 618 g/mol. The van der Waals surface area contributed by atoms with Gasteiger partial charge in [-0.2, -0.15) is 0 Å². The van der Waals surface area contributed by atoms with Crippen LogP contribution in [0.15, 0.2) is 0 Å². The first-order valence-electron chi connectivity index (χ1n) is 9.83. The van der Waals surface area contributed by atoms with Crippen molar-refractivity contribution in [2.24, 2.45) is 0 Å². The summed E-state index contributed by atoms with van der Waals surface area (Å²) in [5.74, 6) is -0.342. The fourth-order valence-electron chi connectivity index (χ4n) is 2.20. The molecule has 0 bridgehead atoms. The Morgan fingerprint density at radius 1 is 0.769 bits per heavy atom. The molecule has 2 atom stereocenters. The molecule has 4 nitrogen and oxygen atoms in total. The van der Waals surface area contributed by atoms with Gasteiger partial charge in [0.1, 0.15) is 0 Å². The number of esters is 2. The topological polar surface area (TPSA) is 52.6 Å². The minimum absolute atomic E-state index is 0.171. The van der Waals surface area contributed by atoms with E-state index >= 15 is 0 Å². The van der Waals surface area contributed by atoms with Crippen LogP contribution in [0.3, 0.4) is 0 Å². The van der Waals surface area contributed by atoms with Crippen LogP contribution in [0.1, 0.15) is 65.2 Å². The van der Waals surface area contributed by atoms with Gasteiger partial charge in [-0.05, 0) is 0 Å². The number of ether oxygens (including phenoxy) is 2. The summed E-state index contributed by atoms with van der Waals surface area (Å²) in [5.41, 5.74) is 0. The Morgan fingerprint density at radius 2 is 1.15 bits per heavy atom. The van der Waals surface area contributed by atoms with E-state index in [-0.39, 0.29) is 11.9 Å². The Morgan fingerprint density at radius 3 is 1.50 bits per heavy atom. The second-order valence-electron chi connectivity index (χ2n) is 6.46. The maximum atomic E-state index is 11.7. The van der Waals surface area contributed by atoms with Gasteiger partial charge in [0.15, 0.2) is 0 Å². The Kier molecular flexibility index (Phi) is 20.5. The molecule has 2 unspecified atom stereocenters. The molecule has 0 amide bonds. The van der Waals surface area contributed by atoms with Gasteiger partial charge in [-0.3, -0.25) is 0 Å². The minimum atomic E-state index is -0.700. The second-order valence-corrected chi connectivity index (χ2v) is 21.6. The van der Waals surface area contributed by atoms with Crippen LogP contribution in [0.2, 0.25) is 8.87 Å². The van der Waals surface area contributed by atoms with Crippen molar-refractivity contribution in [1.29, 1.82) is 0 Å². The first-order valence-corrected chi connectivity index (χ1v) is 19.3. The third kappa shape index (κ3) is 18.6. The van der Waals surface area contributed by atoms with E-state index < -0.39 is 42.3 Å². The summed E-state index contributed by atoms with van der Waals surface area (Å²) in [5, 5.41) is 0. The third-order valence-electron chi connectivity index (χ3n) is 3.83. The fourth-order valence-corrected chi connectivity index (χ4v) is 11.6. The van der Waals surface area contributed by atoms with E-state index in [0.29, 0.717) is 45.4 Å². The predicted octanol–water partition coefficient (Wildman–Crippen LogP) is 3.45. The average Bonchev–Trinajstić information content (AvgIpc) is 2.62. The monoisotopic (exact) mass is 620 g/mol. The van der Waals surface area contributed by atoms with Crippen molar-refractivity contribution in [3.8, 4) is 0 Å². The second kappa shape index (κ2) is 19.5. The summed E-state index contributed by atoms with van der Waals surface area (Å²) in [4.78, 5) is 23.4. The van der Waals surface area contributed by atoms with Gasteiger partial charge in [0, 0.05) is 0 Å². The molecule has 0 spiro atoms. The molecule has 0 aliphatic heterocycles. The maximum absolute atomic E-state index is 11.7. The fraction of sp³-hybridized carbons (Fsp3) is 0.889. The molecule has 0 aliphatic carbocycles. The number of hydrogen-bond donors (Lipinski definition) is 2. The Balaban J connectivity index is 3.56. The molecule has 0 fully saturated rings. The number of carbonyl (C=O) groups is 2. The Labute approximate surface area is 190 Å². The van der Waals surface area contributed by atoms with E-state index in [0.717, 1.165) is 0 Å². The van der Waals surface area contributed by atoms with Crippen LogP contribution in [0, 0.1) is 0 Å². The van der Waals surface area contributed by atoms with Crippen molar-refractivity contribution in [1.82, 2.24) is 0 Å². The molecule has 26 heavy (non-hydrogen) atoms. The molecule has 0 saturated heterocycles. The van der Waals surface area contributed by atoms with Crippen LogP contribution >= 0.6 is 25.3 Å². The number of hydrogen-bond acceptors (Lipinski definition) is 6. The van der Waals surface area contributed by atoms with Crippen molar-refractivity contribution >= 4 is 79.5 Å². The number of carbonyl (C=O) groups excluding carboxylic acids is 2. The molecule has 0 aliphatic rings. The van der Waals surface area contributed by atoms with E-state index in [4.69, 9.17) is 9.47 Å². The SMILES string of the molecule is CCC[CH2][SnH][CH](S)COC(=O)CCCCC(=O)OC[CH](S)[SnH][CH2]CCC. The predicted molar refractivity (Wildman–Crippen MR) is 120 cm³/mol. The van der Waals surface area contributed by atoms with E-state index in [1.54, 1.807) is 0 Å². The van der Waals surface area contributed by atoms with E-state index in [1.807, 2.05) is 0 Å². The third-order valence-corrected chi connectivity index (χ3v) is 15.4. The van der Waals surface area contributed by atoms with Crippen LogP contribution in [-0.2, 0) is 19.1 Å². The zero-order chi connectivity index (χ0) is 19.6. The summed E-state index contributed by atoms with van der Waals surface area (Å²) in [6, 6.07) is 0. The summed E-state index contributed by atoms with van der Waals surface area (Å²) >= 11 is 7.65. The van der Waals surface area contributed by atoms with Gasteiger partial charge in [-0.15, -0.1) is 0 Å². The molecule has 8 heteroatoms. The van der Waals surface area contributed by atoms with Crippen LogP contribution in [0.5, 0.6) is 0 Å². The van der Waals surface area contributed by atoms with Gasteiger partial charge >= 0.3 is 192 Å². The molecule has 0 aromatic carbocycles. The first kappa shape index (κ1) is 27.2.